The van der Waals surface area contributed by atoms with E-state index in [2.05, 4.69) is 9.97 Å². The lowest BCUT2D eigenvalue weighted by Gasteiger charge is -2.08. The van der Waals surface area contributed by atoms with Crippen molar-refractivity contribution in [1.29, 1.82) is 0 Å². The van der Waals surface area contributed by atoms with Gasteiger partial charge in [0.2, 0.25) is 15.0 Å². The largest absolute Gasteiger partial charge is 0.497 e. The lowest BCUT2D eigenvalue weighted by Crippen LogP contribution is -2.04. The standard InChI is InChI=1S/C16H13FN2O5S2/c1-23-8-4-5-10(17)9(6-8)12-13-11(25-14(12)15(20)24-2)7-18-16(19-13)26(3,21)22/h4-7H,1-3H3. The Hall–Kier alpha value is -2.59. The number of ether oxygens (including phenoxy) is 2. The van der Waals surface area contributed by atoms with Crippen LogP contribution < -0.4 is 4.74 Å². The third-order valence-electron chi connectivity index (χ3n) is 3.55. The maximum atomic E-state index is 14.5. The second kappa shape index (κ2) is 6.61. The minimum atomic E-state index is -3.68. The number of nitrogens with zero attached hydrogens (tertiary/aromatic N) is 2. The molecule has 0 atom stereocenters. The number of benzene rings is 1. The summed E-state index contributed by atoms with van der Waals surface area (Å²) >= 11 is 0.991. The van der Waals surface area contributed by atoms with Gasteiger partial charge in [-0.3, -0.25) is 0 Å². The minimum Gasteiger partial charge on any atom is -0.497 e. The Labute approximate surface area is 152 Å². The number of carbonyl (C=O) groups excluding carboxylic acids is 1. The first-order valence-electron chi connectivity index (χ1n) is 7.18. The number of thiophene rings is 1. The van der Waals surface area contributed by atoms with Crippen molar-refractivity contribution in [3.63, 3.8) is 0 Å². The highest BCUT2D eigenvalue weighted by molar-refractivity contribution is 7.90. The van der Waals surface area contributed by atoms with Gasteiger partial charge < -0.3 is 9.47 Å². The van der Waals surface area contributed by atoms with E-state index in [1.165, 1.54) is 38.6 Å². The monoisotopic (exact) mass is 396 g/mol. The number of carbonyl (C=O) groups is 1. The molecule has 0 saturated heterocycles. The SMILES string of the molecule is COC(=O)c1sc2cnc(S(C)(=O)=O)nc2c1-c1cc(OC)ccc1F. The summed E-state index contributed by atoms with van der Waals surface area (Å²) in [6.45, 7) is 0. The molecule has 0 bridgehead atoms. The Balaban J connectivity index is 2.42. The van der Waals surface area contributed by atoms with Crippen LogP contribution in [-0.4, -0.2) is 44.8 Å². The summed E-state index contributed by atoms with van der Waals surface area (Å²) in [7, 11) is -1.06. The van der Waals surface area contributed by atoms with Gasteiger partial charge in [0.05, 0.1) is 24.4 Å². The van der Waals surface area contributed by atoms with Crippen molar-refractivity contribution >= 4 is 37.4 Å². The zero-order valence-corrected chi connectivity index (χ0v) is 15.6. The van der Waals surface area contributed by atoms with E-state index >= 15 is 0 Å². The molecular formula is C16H13FN2O5S2. The number of methoxy groups -OCH3 is 2. The Kier molecular flexibility index (Phi) is 4.63. The Morgan fingerprint density at radius 2 is 2.00 bits per heavy atom. The van der Waals surface area contributed by atoms with E-state index in [0.29, 0.717) is 10.4 Å². The van der Waals surface area contributed by atoms with Crippen molar-refractivity contribution in [3.8, 4) is 16.9 Å². The smallest absolute Gasteiger partial charge is 0.348 e. The number of fused-ring (bicyclic) bond motifs is 1. The molecule has 26 heavy (non-hydrogen) atoms. The molecule has 0 radical (unpaired) electrons. The molecule has 3 rings (SSSR count). The maximum absolute atomic E-state index is 14.5. The molecule has 0 aliphatic carbocycles. The fraction of sp³-hybridized carbons (Fsp3) is 0.188. The predicted octanol–water partition coefficient (Wildman–Crippen LogP) is 2.70. The van der Waals surface area contributed by atoms with E-state index in [9.17, 15) is 17.6 Å². The van der Waals surface area contributed by atoms with Gasteiger partial charge >= 0.3 is 5.97 Å². The van der Waals surface area contributed by atoms with E-state index in [0.717, 1.165) is 17.6 Å². The van der Waals surface area contributed by atoms with Crippen LogP contribution in [0.25, 0.3) is 21.3 Å². The second-order valence-corrected chi connectivity index (χ2v) is 8.24. The van der Waals surface area contributed by atoms with Gasteiger partial charge in [0.15, 0.2) is 0 Å². The molecule has 0 aliphatic heterocycles. The molecule has 3 aromatic rings. The number of sulfone groups is 1. The van der Waals surface area contributed by atoms with Crippen LogP contribution in [0.2, 0.25) is 0 Å². The number of halogens is 1. The van der Waals surface area contributed by atoms with Gasteiger partial charge in [-0.15, -0.1) is 11.3 Å². The first-order valence-corrected chi connectivity index (χ1v) is 9.89. The molecule has 7 nitrogen and oxygen atoms in total. The van der Waals surface area contributed by atoms with Gasteiger partial charge in [-0.05, 0) is 18.2 Å². The van der Waals surface area contributed by atoms with Gasteiger partial charge in [0.25, 0.3) is 0 Å². The van der Waals surface area contributed by atoms with Crippen LogP contribution in [0.5, 0.6) is 5.75 Å². The van der Waals surface area contributed by atoms with Crippen LogP contribution in [0.1, 0.15) is 9.67 Å². The van der Waals surface area contributed by atoms with Gasteiger partial charge in [-0.25, -0.2) is 27.6 Å². The van der Waals surface area contributed by atoms with Crippen LogP contribution in [0.3, 0.4) is 0 Å². The van der Waals surface area contributed by atoms with Gasteiger partial charge in [0.1, 0.15) is 16.4 Å². The van der Waals surface area contributed by atoms with E-state index in [1.54, 1.807) is 0 Å². The highest BCUT2D eigenvalue weighted by Crippen LogP contribution is 2.40. The normalized spacial score (nSPS) is 11.5. The summed E-state index contributed by atoms with van der Waals surface area (Å²) in [5.41, 5.74) is 0.340. The van der Waals surface area contributed by atoms with Crippen molar-refractivity contribution in [3.05, 3.63) is 35.1 Å². The zero-order valence-electron chi connectivity index (χ0n) is 13.9. The van der Waals surface area contributed by atoms with E-state index in [1.807, 2.05) is 0 Å². The second-order valence-electron chi connectivity index (χ2n) is 5.28. The fourth-order valence-electron chi connectivity index (χ4n) is 2.36. The Morgan fingerprint density at radius 3 is 2.62 bits per heavy atom. The first kappa shape index (κ1) is 18.2. The molecule has 0 fully saturated rings. The van der Waals surface area contributed by atoms with Gasteiger partial charge in [0, 0.05) is 23.6 Å². The highest BCUT2D eigenvalue weighted by atomic mass is 32.2. The topological polar surface area (TPSA) is 95.5 Å². The van der Waals surface area contributed by atoms with Crippen molar-refractivity contribution < 1.29 is 27.1 Å². The fourth-order valence-corrected chi connectivity index (χ4v) is 3.91. The summed E-state index contributed by atoms with van der Waals surface area (Å²) in [5.74, 6) is -0.935. The maximum Gasteiger partial charge on any atom is 0.348 e. The average Bonchev–Trinajstić information content (AvgIpc) is 2.99. The molecule has 0 spiro atoms. The zero-order chi connectivity index (χ0) is 19.1. The molecule has 2 heterocycles. The highest BCUT2D eigenvalue weighted by Gasteiger charge is 2.25. The average molecular weight is 396 g/mol. The quantitative estimate of drug-likeness (QED) is 0.494. The van der Waals surface area contributed by atoms with Crippen molar-refractivity contribution in [2.45, 2.75) is 5.16 Å². The summed E-state index contributed by atoms with van der Waals surface area (Å²) in [6.07, 6.45) is 2.25. The predicted molar refractivity (Wildman–Crippen MR) is 93.8 cm³/mol. The molecule has 0 aliphatic rings. The van der Waals surface area contributed by atoms with E-state index in [-0.39, 0.29) is 21.5 Å². The van der Waals surface area contributed by atoms with E-state index in [4.69, 9.17) is 9.47 Å². The Bertz CT molecular complexity index is 1130. The summed E-state index contributed by atoms with van der Waals surface area (Å²) in [5, 5.41) is -0.413. The minimum absolute atomic E-state index is 0.0501. The lowest BCUT2D eigenvalue weighted by molar-refractivity contribution is 0.0607. The number of hydrogen-bond acceptors (Lipinski definition) is 8. The molecule has 0 unspecified atom stereocenters. The number of hydrogen-bond donors (Lipinski definition) is 0. The Morgan fingerprint density at radius 1 is 1.27 bits per heavy atom. The van der Waals surface area contributed by atoms with Crippen LogP contribution in [0.15, 0.2) is 29.6 Å². The number of aromatic nitrogens is 2. The van der Waals surface area contributed by atoms with Crippen molar-refractivity contribution in [1.82, 2.24) is 9.97 Å². The molecule has 1 aromatic carbocycles. The number of esters is 1. The van der Waals surface area contributed by atoms with Crippen LogP contribution in [-0.2, 0) is 14.6 Å². The first-order chi connectivity index (χ1) is 12.3. The third-order valence-corrected chi connectivity index (χ3v) is 5.51. The van der Waals surface area contributed by atoms with Gasteiger partial charge in [-0.1, -0.05) is 0 Å². The molecular weight excluding hydrogens is 383 g/mol. The van der Waals surface area contributed by atoms with Crippen LogP contribution in [0, 0.1) is 5.82 Å². The number of rotatable bonds is 4. The summed E-state index contributed by atoms with van der Waals surface area (Å²) < 4.78 is 48.4. The van der Waals surface area contributed by atoms with Crippen molar-refractivity contribution in [2.24, 2.45) is 0 Å². The third kappa shape index (κ3) is 3.13. The summed E-state index contributed by atoms with van der Waals surface area (Å²) in [6, 6.07) is 4.03. The van der Waals surface area contributed by atoms with Crippen LogP contribution in [0.4, 0.5) is 4.39 Å². The van der Waals surface area contributed by atoms with E-state index < -0.39 is 26.8 Å². The molecule has 2 aromatic heterocycles. The van der Waals surface area contributed by atoms with Crippen LogP contribution >= 0.6 is 11.3 Å². The molecule has 136 valence electrons. The molecule has 0 amide bonds. The lowest BCUT2D eigenvalue weighted by atomic mass is 10.0. The summed E-state index contributed by atoms with van der Waals surface area (Å²) in [4.78, 5) is 20.1. The van der Waals surface area contributed by atoms with Gasteiger partial charge in [-0.2, -0.15) is 0 Å². The molecule has 0 saturated carbocycles. The van der Waals surface area contributed by atoms with Crippen molar-refractivity contribution in [2.75, 3.05) is 20.5 Å². The molecule has 0 N–H and O–H groups in total. The molecule has 10 heteroatoms.